The lowest BCUT2D eigenvalue weighted by atomic mass is 10.2. The Kier molecular flexibility index (Phi) is 8.21. The first-order valence-corrected chi connectivity index (χ1v) is 10.8. The predicted molar refractivity (Wildman–Crippen MR) is 133 cm³/mol. The molecule has 0 aliphatic carbocycles. The van der Waals surface area contributed by atoms with Crippen molar-refractivity contribution in [2.45, 2.75) is 13.2 Å². The number of anilines is 1. The van der Waals surface area contributed by atoms with E-state index in [2.05, 4.69) is 0 Å². The number of nitrogens with one attached hydrogen (secondary N) is 1. The molecule has 0 radical (unpaired) electrons. The van der Waals surface area contributed by atoms with Crippen molar-refractivity contribution >= 4 is 29.3 Å². The number of benzene rings is 3. The van der Waals surface area contributed by atoms with Gasteiger partial charge in [0.2, 0.25) is 0 Å². The van der Waals surface area contributed by atoms with Crippen LogP contribution in [0.2, 0.25) is 5.02 Å². The standard InChI is InChI=1S/C25H27ClN4O4/c1-29(25(31)30(2)24(27)28)22-19(32-3)14-20(33-15-17-10-6-4-7-11-17)23(21(22)26)34-16-18-12-8-5-9-13-18/h4-14H,15-16H2,1-3H3,(H3,27,28). The van der Waals surface area contributed by atoms with Crippen molar-refractivity contribution in [1.29, 1.82) is 5.41 Å². The number of hydrogen-bond donors (Lipinski definition) is 2. The van der Waals surface area contributed by atoms with Gasteiger partial charge >= 0.3 is 6.03 Å². The van der Waals surface area contributed by atoms with Crippen LogP contribution in [-0.4, -0.2) is 38.1 Å². The summed E-state index contributed by atoms with van der Waals surface area (Å²) >= 11 is 6.79. The Balaban J connectivity index is 2.02. The molecular formula is C25H27ClN4O4. The first-order chi connectivity index (χ1) is 16.3. The third kappa shape index (κ3) is 5.71. The molecule has 0 aliphatic rings. The smallest absolute Gasteiger partial charge is 0.330 e. The zero-order chi connectivity index (χ0) is 24.7. The number of hydrogen-bond acceptors (Lipinski definition) is 5. The van der Waals surface area contributed by atoms with Crippen LogP contribution >= 0.6 is 11.6 Å². The van der Waals surface area contributed by atoms with Crippen molar-refractivity contribution in [2.24, 2.45) is 5.73 Å². The average molecular weight is 483 g/mol. The molecule has 0 bridgehead atoms. The molecule has 0 unspecified atom stereocenters. The summed E-state index contributed by atoms with van der Waals surface area (Å²) in [7, 11) is 4.37. The molecule has 2 amide bonds. The van der Waals surface area contributed by atoms with Crippen LogP contribution in [0.4, 0.5) is 10.5 Å². The summed E-state index contributed by atoms with van der Waals surface area (Å²) in [5.74, 6) is 0.525. The Morgan fingerprint density at radius 2 is 1.47 bits per heavy atom. The second kappa shape index (κ2) is 11.3. The van der Waals surface area contributed by atoms with Crippen LogP contribution in [0.15, 0.2) is 66.7 Å². The van der Waals surface area contributed by atoms with Crippen LogP contribution in [0.3, 0.4) is 0 Å². The Labute approximate surface area is 203 Å². The minimum Gasteiger partial charge on any atom is -0.494 e. The van der Waals surface area contributed by atoms with Crippen molar-refractivity contribution in [3.05, 3.63) is 82.9 Å². The molecule has 0 fully saturated rings. The molecule has 0 aromatic heterocycles. The van der Waals surface area contributed by atoms with E-state index in [1.54, 1.807) is 6.07 Å². The number of guanidine groups is 1. The average Bonchev–Trinajstić information content (AvgIpc) is 2.86. The van der Waals surface area contributed by atoms with E-state index >= 15 is 0 Å². The number of rotatable bonds is 8. The minimum absolute atomic E-state index is 0.131. The number of carbonyl (C=O) groups is 1. The van der Waals surface area contributed by atoms with E-state index in [1.165, 1.54) is 26.1 Å². The number of ether oxygens (including phenoxy) is 3. The maximum Gasteiger partial charge on any atom is 0.330 e. The van der Waals surface area contributed by atoms with E-state index in [1.807, 2.05) is 60.7 Å². The Morgan fingerprint density at radius 1 is 0.941 bits per heavy atom. The fourth-order valence-corrected chi connectivity index (χ4v) is 3.54. The highest BCUT2D eigenvalue weighted by Crippen LogP contribution is 2.48. The molecule has 8 nitrogen and oxygen atoms in total. The monoisotopic (exact) mass is 482 g/mol. The molecule has 0 spiro atoms. The predicted octanol–water partition coefficient (Wildman–Crippen LogP) is 4.89. The summed E-state index contributed by atoms with van der Waals surface area (Å²) in [5, 5.41) is 7.69. The van der Waals surface area contributed by atoms with Gasteiger partial charge in [0.25, 0.3) is 0 Å². The summed E-state index contributed by atoms with van der Waals surface area (Å²) in [6.07, 6.45) is 0. The zero-order valence-electron chi connectivity index (χ0n) is 19.2. The quantitative estimate of drug-likeness (QED) is 0.351. The highest BCUT2D eigenvalue weighted by atomic mass is 35.5. The van der Waals surface area contributed by atoms with Gasteiger partial charge in [0.15, 0.2) is 17.5 Å². The summed E-state index contributed by atoms with van der Waals surface area (Å²) in [4.78, 5) is 15.1. The molecule has 178 valence electrons. The van der Waals surface area contributed by atoms with Gasteiger partial charge in [0.1, 0.15) is 29.7 Å². The van der Waals surface area contributed by atoms with Crippen LogP contribution in [0.25, 0.3) is 0 Å². The molecule has 3 rings (SSSR count). The van der Waals surface area contributed by atoms with Gasteiger partial charge in [0, 0.05) is 20.2 Å². The second-order valence-corrected chi connectivity index (χ2v) is 7.78. The van der Waals surface area contributed by atoms with Crippen molar-refractivity contribution in [3.63, 3.8) is 0 Å². The molecular weight excluding hydrogens is 456 g/mol. The van der Waals surface area contributed by atoms with Gasteiger partial charge in [0.05, 0.1) is 7.11 Å². The van der Waals surface area contributed by atoms with Gasteiger partial charge in [-0.2, -0.15) is 0 Å². The lowest BCUT2D eigenvalue weighted by molar-refractivity contribution is 0.233. The molecule has 0 saturated carbocycles. The van der Waals surface area contributed by atoms with Crippen molar-refractivity contribution in [1.82, 2.24) is 4.90 Å². The van der Waals surface area contributed by atoms with E-state index in [-0.39, 0.29) is 29.7 Å². The maximum absolute atomic E-state index is 12.8. The van der Waals surface area contributed by atoms with Crippen molar-refractivity contribution in [2.75, 3.05) is 26.1 Å². The van der Waals surface area contributed by atoms with Gasteiger partial charge in [-0.15, -0.1) is 0 Å². The Bertz CT molecular complexity index is 1140. The molecule has 9 heteroatoms. The van der Waals surface area contributed by atoms with E-state index in [0.29, 0.717) is 11.5 Å². The third-order valence-corrected chi connectivity index (χ3v) is 5.43. The van der Waals surface area contributed by atoms with Gasteiger partial charge in [-0.3, -0.25) is 15.2 Å². The number of methoxy groups -OCH3 is 1. The number of nitrogens with zero attached hydrogens (tertiary/aromatic N) is 2. The number of urea groups is 1. The Morgan fingerprint density at radius 3 is 1.97 bits per heavy atom. The highest BCUT2D eigenvalue weighted by molar-refractivity contribution is 6.36. The normalized spacial score (nSPS) is 10.4. The van der Waals surface area contributed by atoms with E-state index in [0.717, 1.165) is 16.0 Å². The molecule has 0 saturated heterocycles. The van der Waals surface area contributed by atoms with E-state index in [4.69, 9.17) is 37.0 Å². The maximum atomic E-state index is 12.8. The summed E-state index contributed by atoms with van der Waals surface area (Å²) in [6, 6.07) is 20.3. The molecule has 0 atom stereocenters. The zero-order valence-corrected chi connectivity index (χ0v) is 20.0. The van der Waals surface area contributed by atoms with Gasteiger partial charge in [-0.05, 0) is 11.1 Å². The molecule has 0 heterocycles. The topological polar surface area (TPSA) is 101 Å². The summed E-state index contributed by atoms with van der Waals surface area (Å²) < 4.78 is 17.7. The lowest BCUT2D eigenvalue weighted by Crippen LogP contribution is -2.45. The van der Waals surface area contributed by atoms with Gasteiger partial charge in [-0.1, -0.05) is 72.3 Å². The highest BCUT2D eigenvalue weighted by Gasteiger charge is 2.28. The van der Waals surface area contributed by atoms with Crippen LogP contribution in [-0.2, 0) is 13.2 Å². The largest absolute Gasteiger partial charge is 0.494 e. The van der Waals surface area contributed by atoms with Crippen molar-refractivity contribution in [3.8, 4) is 17.2 Å². The van der Waals surface area contributed by atoms with Crippen LogP contribution in [0, 0.1) is 5.41 Å². The van der Waals surface area contributed by atoms with E-state index < -0.39 is 12.0 Å². The fraction of sp³-hybridized carbons (Fsp3) is 0.200. The molecule has 3 aromatic carbocycles. The van der Waals surface area contributed by atoms with Crippen LogP contribution in [0.5, 0.6) is 17.2 Å². The molecule has 3 aromatic rings. The molecule has 0 aliphatic heterocycles. The number of halogens is 1. The van der Waals surface area contributed by atoms with Crippen molar-refractivity contribution < 1.29 is 19.0 Å². The molecule has 3 N–H and O–H groups in total. The number of nitrogens with two attached hydrogens (primary N) is 1. The second-order valence-electron chi connectivity index (χ2n) is 7.40. The van der Waals surface area contributed by atoms with Crippen LogP contribution < -0.4 is 24.8 Å². The SMILES string of the molecule is COc1cc(OCc2ccccc2)c(OCc2ccccc2)c(Cl)c1N(C)C(=O)N(C)C(=N)N. The fourth-order valence-electron chi connectivity index (χ4n) is 3.18. The molecule has 34 heavy (non-hydrogen) atoms. The Hall–Kier alpha value is -3.91. The lowest BCUT2D eigenvalue weighted by Gasteiger charge is -2.27. The van der Waals surface area contributed by atoms with Gasteiger partial charge in [-0.25, -0.2) is 4.79 Å². The van der Waals surface area contributed by atoms with Gasteiger partial charge < -0.3 is 19.9 Å². The summed E-state index contributed by atoms with van der Waals surface area (Å²) in [6.45, 7) is 0.516. The first kappa shape index (κ1) is 24.7. The first-order valence-electron chi connectivity index (χ1n) is 10.4. The summed E-state index contributed by atoms with van der Waals surface area (Å²) in [5.41, 5.74) is 7.64. The number of carbonyl (C=O) groups excluding carboxylic acids is 1. The van der Waals surface area contributed by atoms with Crippen LogP contribution in [0.1, 0.15) is 11.1 Å². The number of amides is 2. The third-order valence-electron chi connectivity index (χ3n) is 5.08. The van der Waals surface area contributed by atoms with E-state index in [9.17, 15) is 4.79 Å². The minimum atomic E-state index is -0.570.